The summed E-state index contributed by atoms with van der Waals surface area (Å²) in [4.78, 5) is 12.7. The van der Waals surface area contributed by atoms with Gasteiger partial charge in [-0.3, -0.25) is 4.79 Å². The van der Waals surface area contributed by atoms with Crippen LogP contribution in [0.25, 0.3) is 11.1 Å². The van der Waals surface area contributed by atoms with Crippen LogP contribution in [0.3, 0.4) is 0 Å². The van der Waals surface area contributed by atoms with Crippen LogP contribution in [0.15, 0.2) is 48.5 Å². The van der Waals surface area contributed by atoms with Crippen molar-refractivity contribution in [1.82, 2.24) is 0 Å². The fraction of sp³-hybridized carbons (Fsp3) is 0.435. The lowest BCUT2D eigenvalue weighted by molar-refractivity contribution is -0.160. The molecule has 0 spiro atoms. The Labute approximate surface area is 173 Å². The second-order valence-corrected chi connectivity index (χ2v) is 7.32. The maximum absolute atomic E-state index is 12.7. The second-order valence-electron chi connectivity index (χ2n) is 6.88. The summed E-state index contributed by atoms with van der Waals surface area (Å²) in [6.07, 6.45) is 1.94. The maximum atomic E-state index is 12.7. The van der Waals surface area contributed by atoms with Crippen molar-refractivity contribution in [2.75, 3.05) is 26.4 Å². The summed E-state index contributed by atoms with van der Waals surface area (Å²) in [5, 5.41) is 0.721. The molecule has 28 heavy (non-hydrogen) atoms. The van der Waals surface area contributed by atoms with E-state index < -0.39 is 5.41 Å². The molecular formula is C23H30ClNO3. The number of carbonyl (C=O) groups excluding carboxylic acids is 1. The predicted molar refractivity (Wildman–Crippen MR) is 114 cm³/mol. The molecule has 0 bridgehead atoms. The van der Waals surface area contributed by atoms with Crippen LogP contribution < -0.4 is 5.73 Å². The van der Waals surface area contributed by atoms with Crippen LogP contribution in [0.4, 0.5) is 0 Å². The van der Waals surface area contributed by atoms with Gasteiger partial charge in [0.25, 0.3) is 0 Å². The fourth-order valence-electron chi connectivity index (χ4n) is 3.31. The van der Waals surface area contributed by atoms with Gasteiger partial charge < -0.3 is 15.2 Å². The van der Waals surface area contributed by atoms with Gasteiger partial charge in [-0.05, 0) is 68.5 Å². The summed E-state index contributed by atoms with van der Waals surface area (Å²) in [6, 6.07) is 16.1. The smallest absolute Gasteiger partial charge is 0.314 e. The molecule has 2 aromatic rings. The molecule has 2 aromatic carbocycles. The van der Waals surface area contributed by atoms with E-state index >= 15 is 0 Å². The van der Waals surface area contributed by atoms with E-state index in [-0.39, 0.29) is 5.97 Å². The van der Waals surface area contributed by atoms with Crippen molar-refractivity contribution in [1.29, 1.82) is 0 Å². The summed E-state index contributed by atoms with van der Waals surface area (Å²) in [7, 11) is 0. The fourth-order valence-corrected chi connectivity index (χ4v) is 3.50. The first-order valence-electron chi connectivity index (χ1n) is 9.84. The second kappa shape index (κ2) is 11.2. The molecule has 0 radical (unpaired) electrons. The number of hydrogen-bond acceptors (Lipinski definition) is 4. The highest BCUT2D eigenvalue weighted by molar-refractivity contribution is 6.30. The van der Waals surface area contributed by atoms with Crippen molar-refractivity contribution in [2.45, 2.75) is 33.1 Å². The molecule has 0 heterocycles. The summed E-state index contributed by atoms with van der Waals surface area (Å²) in [6.45, 7) is 5.40. The van der Waals surface area contributed by atoms with Crippen molar-refractivity contribution in [2.24, 2.45) is 11.1 Å². The lowest BCUT2D eigenvalue weighted by atomic mass is 9.79. The Morgan fingerprint density at radius 1 is 1.04 bits per heavy atom. The minimum absolute atomic E-state index is 0.218. The minimum atomic E-state index is -0.702. The Balaban J connectivity index is 2.13. The van der Waals surface area contributed by atoms with Gasteiger partial charge in [0.05, 0.1) is 18.6 Å². The average molecular weight is 404 g/mol. The SMILES string of the molecule is CCOC[C@@](CCN)(CCc1ccc(-c2cccc(Cl)c2)cc1)C(=O)OCC. The summed E-state index contributed by atoms with van der Waals surface area (Å²) >= 11 is 6.09. The summed E-state index contributed by atoms with van der Waals surface area (Å²) < 4.78 is 11.0. The molecule has 0 unspecified atom stereocenters. The summed E-state index contributed by atoms with van der Waals surface area (Å²) in [5.74, 6) is -0.218. The molecule has 0 amide bonds. The Morgan fingerprint density at radius 3 is 2.39 bits per heavy atom. The van der Waals surface area contributed by atoms with Gasteiger partial charge in [0.1, 0.15) is 0 Å². The van der Waals surface area contributed by atoms with Gasteiger partial charge in [0, 0.05) is 11.6 Å². The average Bonchev–Trinajstić information content (AvgIpc) is 2.71. The molecule has 5 heteroatoms. The van der Waals surface area contributed by atoms with Crippen molar-refractivity contribution in [3.8, 4) is 11.1 Å². The first-order valence-corrected chi connectivity index (χ1v) is 10.2. The zero-order chi connectivity index (χ0) is 20.4. The number of hydrogen-bond donors (Lipinski definition) is 1. The molecule has 0 aliphatic heterocycles. The quantitative estimate of drug-likeness (QED) is 0.543. The Hall–Kier alpha value is -1.88. The molecule has 2 rings (SSSR count). The zero-order valence-electron chi connectivity index (χ0n) is 16.7. The first-order chi connectivity index (χ1) is 13.5. The largest absolute Gasteiger partial charge is 0.465 e. The maximum Gasteiger partial charge on any atom is 0.314 e. The monoisotopic (exact) mass is 403 g/mol. The van der Waals surface area contributed by atoms with Gasteiger partial charge in [-0.1, -0.05) is 48.0 Å². The van der Waals surface area contributed by atoms with E-state index in [0.29, 0.717) is 39.2 Å². The van der Waals surface area contributed by atoms with Crippen molar-refractivity contribution in [3.05, 3.63) is 59.1 Å². The highest BCUT2D eigenvalue weighted by Crippen LogP contribution is 2.31. The van der Waals surface area contributed by atoms with Gasteiger partial charge in [-0.25, -0.2) is 0 Å². The molecule has 0 aliphatic rings. The minimum Gasteiger partial charge on any atom is -0.465 e. The Kier molecular flexibility index (Phi) is 8.97. The van der Waals surface area contributed by atoms with Gasteiger partial charge >= 0.3 is 5.97 Å². The highest BCUT2D eigenvalue weighted by Gasteiger charge is 2.39. The molecule has 0 saturated carbocycles. The van der Waals surface area contributed by atoms with E-state index in [2.05, 4.69) is 24.3 Å². The number of carbonyl (C=O) groups is 1. The van der Waals surface area contributed by atoms with Crippen LogP contribution in [0, 0.1) is 5.41 Å². The van der Waals surface area contributed by atoms with Gasteiger partial charge in [-0.15, -0.1) is 0 Å². The van der Waals surface area contributed by atoms with Crippen LogP contribution in [0.5, 0.6) is 0 Å². The lowest BCUT2D eigenvalue weighted by Crippen LogP contribution is -2.40. The van der Waals surface area contributed by atoms with Crippen LogP contribution in [0.1, 0.15) is 32.3 Å². The number of rotatable bonds is 11. The van der Waals surface area contributed by atoms with Crippen LogP contribution >= 0.6 is 11.6 Å². The van der Waals surface area contributed by atoms with E-state index in [1.54, 1.807) is 0 Å². The molecule has 0 fully saturated rings. The lowest BCUT2D eigenvalue weighted by Gasteiger charge is -2.31. The van der Waals surface area contributed by atoms with Crippen molar-refractivity contribution >= 4 is 17.6 Å². The van der Waals surface area contributed by atoms with E-state index in [9.17, 15) is 4.79 Å². The highest BCUT2D eigenvalue weighted by atomic mass is 35.5. The molecular weight excluding hydrogens is 374 g/mol. The van der Waals surface area contributed by atoms with Crippen LogP contribution in [-0.2, 0) is 20.7 Å². The molecule has 2 N–H and O–H groups in total. The normalized spacial score (nSPS) is 13.1. The van der Waals surface area contributed by atoms with Crippen LogP contribution in [0.2, 0.25) is 5.02 Å². The predicted octanol–water partition coefficient (Wildman–Crippen LogP) is 4.87. The van der Waals surface area contributed by atoms with E-state index in [4.69, 9.17) is 26.8 Å². The van der Waals surface area contributed by atoms with Crippen molar-refractivity contribution < 1.29 is 14.3 Å². The first kappa shape index (κ1) is 22.4. The molecule has 0 aromatic heterocycles. The van der Waals surface area contributed by atoms with E-state index in [0.717, 1.165) is 28.1 Å². The summed E-state index contributed by atoms with van der Waals surface area (Å²) in [5.41, 5.74) is 8.46. The number of nitrogens with two attached hydrogens (primary N) is 1. The number of benzene rings is 2. The molecule has 4 nitrogen and oxygen atoms in total. The van der Waals surface area contributed by atoms with Crippen molar-refractivity contribution in [3.63, 3.8) is 0 Å². The van der Waals surface area contributed by atoms with Gasteiger partial charge in [0.15, 0.2) is 0 Å². The third-order valence-corrected chi connectivity index (χ3v) is 5.15. The van der Waals surface area contributed by atoms with Gasteiger partial charge in [-0.2, -0.15) is 0 Å². The third kappa shape index (κ3) is 6.06. The van der Waals surface area contributed by atoms with Gasteiger partial charge in [0.2, 0.25) is 0 Å². The number of ether oxygens (including phenoxy) is 2. The number of esters is 1. The topological polar surface area (TPSA) is 61.5 Å². The Bertz CT molecular complexity index is 748. The van der Waals surface area contributed by atoms with E-state index in [1.807, 2.05) is 38.1 Å². The Morgan fingerprint density at radius 2 is 1.79 bits per heavy atom. The number of aryl methyl sites for hydroxylation is 1. The number of halogens is 1. The van der Waals surface area contributed by atoms with E-state index in [1.165, 1.54) is 0 Å². The third-order valence-electron chi connectivity index (χ3n) is 4.92. The molecule has 0 saturated heterocycles. The molecule has 0 aliphatic carbocycles. The molecule has 1 atom stereocenters. The zero-order valence-corrected chi connectivity index (χ0v) is 17.5. The van der Waals surface area contributed by atoms with Crippen LogP contribution in [-0.4, -0.2) is 32.3 Å². The standard InChI is InChI=1S/C23H30ClNO3/c1-3-27-17-23(14-15-25,22(26)28-4-2)13-12-18-8-10-19(11-9-18)20-6-5-7-21(24)16-20/h5-11,16H,3-4,12-15,17,25H2,1-2H3/t23-/m0/s1. The molecule has 152 valence electrons.